The highest BCUT2D eigenvalue weighted by molar-refractivity contribution is 6.31. The molecule has 0 fully saturated rings. The number of nitrogens with one attached hydrogen (secondary N) is 1. The molecule has 0 aliphatic heterocycles. The molecule has 0 aromatic carbocycles. The predicted molar refractivity (Wildman–Crippen MR) is 56.4 cm³/mol. The maximum atomic E-state index is 11.5. The van der Waals surface area contributed by atoms with E-state index in [0.29, 0.717) is 10.7 Å². The van der Waals surface area contributed by atoms with Crippen LogP contribution in [0.15, 0.2) is 12.3 Å². The van der Waals surface area contributed by atoms with Gasteiger partial charge in [0.05, 0.1) is 11.6 Å². The molecule has 0 aliphatic carbocycles. The zero-order chi connectivity index (χ0) is 12.3. The number of aliphatic carboxylic acids is 1. The molecule has 0 bridgehead atoms. The first-order chi connectivity index (χ1) is 7.41. The fourth-order valence-electron chi connectivity index (χ4n) is 1.12. The summed E-state index contributed by atoms with van der Waals surface area (Å²) in [6.45, 7) is -0.350. The second kappa shape index (κ2) is 5.00. The second-order valence-electron chi connectivity index (χ2n) is 3.22. The Bertz CT molecular complexity index is 416. The Labute approximate surface area is 96.4 Å². The van der Waals surface area contributed by atoms with Crippen LogP contribution in [0.4, 0.5) is 0 Å². The molecule has 1 aromatic rings. The Morgan fingerprint density at radius 1 is 1.62 bits per heavy atom. The van der Waals surface area contributed by atoms with Crippen LogP contribution in [0, 0.1) is 0 Å². The lowest BCUT2D eigenvalue weighted by molar-refractivity contribution is -0.146. The van der Waals surface area contributed by atoms with Crippen LogP contribution in [0.3, 0.4) is 0 Å². The van der Waals surface area contributed by atoms with E-state index < -0.39 is 18.0 Å². The van der Waals surface area contributed by atoms with E-state index in [0.717, 1.165) is 0 Å². The molecular weight excluding hydrogens is 236 g/mol. The summed E-state index contributed by atoms with van der Waals surface area (Å²) in [4.78, 5) is 21.8. The first-order valence-electron chi connectivity index (χ1n) is 4.42. The normalized spacial score (nSPS) is 12.2. The number of carbonyl (C=O) groups excluding carboxylic acids is 1. The number of aryl methyl sites for hydroxylation is 1. The van der Waals surface area contributed by atoms with Crippen LogP contribution >= 0.6 is 11.6 Å². The molecular formula is C9H11ClN2O4. The van der Waals surface area contributed by atoms with Gasteiger partial charge in [-0.15, -0.1) is 0 Å². The van der Waals surface area contributed by atoms with Crippen molar-refractivity contribution in [1.29, 1.82) is 0 Å². The van der Waals surface area contributed by atoms with Gasteiger partial charge in [0.2, 0.25) is 0 Å². The molecule has 1 atom stereocenters. The van der Waals surface area contributed by atoms with Crippen molar-refractivity contribution in [1.82, 2.24) is 9.88 Å². The van der Waals surface area contributed by atoms with Crippen molar-refractivity contribution in [3.8, 4) is 0 Å². The van der Waals surface area contributed by atoms with E-state index in [1.165, 1.54) is 10.6 Å². The summed E-state index contributed by atoms with van der Waals surface area (Å²) in [5, 5.41) is 20.0. The van der Waals surface area contributed by atoms with Gasteiger partial charge in [-0.3, -0.25) is 4.79 Å². The minimum absolute atomic E-state index is 0.294. The van der Waals surface area contributed by atoms with Crippen molar-refractivity contribution in [3.05, 3.63) is 23.0 Å². The van der Waals surface area contributed by atoms with E-state index in [1.54, 1.807) is 13.2 Å². The molecule has 6 nitrogen and oxygen atoms in total. The van der Waals surface area contributed by atoms with Crippen LogP contribution < -0.4 is 5.32 Å². The van der Waals surface area contributed by atoms with Gasteiger partial charge in [0, 0.05) is 13.2 Å². The van der Waals surface area contributed by atoms with Gasteiger partial charge in [0.25, 0.3) is 5.91 Å². The molecule has 3 N–H and O–H groups in total. The van der Waals surface area contributed by atoms with Crippen molar-refractivity contribution in [2.75, 3.05) is 6.54 Å². The predicted octanol–water partition coefficient (Wildman–Crippen LogP) is -0.146. The fourth-order valence-corrected chi connectivity index (χ4v) is 1.37. The molecule has 88 valence electrons. The van der Waals surface area contributed by atoms with E-state index in [-0.39, 0.29) is 6.54 Å². The standard InChI is InChI=1S/C9H11ClN2O4/c1-12-4-5(10)2-6(12)8(14)11-3-7(13)9(15)16/h2,4,7,13H,3H2,1H3,(H,11,14)(H,15,16)/t7-/m0/s1. The lowest BCUT2D eigenvalue weighted by Gasteiger charge is -2.07. The van der Waals surface area contributed by atoms with Crippen molar-refractivity contribution < 1.29 is 19.8 Å². The van der Waals surface area contributed by atoms with Crippen LogP contribution in [0.25, 0.3) is 0 Å². The molecule has 16 heavy (non-hydrogen) atoms. The molecule has 1 rings (SSSR count). The van der Waals surface area contributed by atoms with E-state index in [2.05, 4.69) is 5.32 Å². The van der Waals surface area contributed by atoms with E-state index in [9.17, 15) is 9.59 Å². The highest BCUT2D eigenvalue weighted by atomic mass is 35.5. The van der Waals surface area contributed by atoms with E-state index in [4.69, 9.17) is 21.8 Å². The maximum Gasteiger partial charge on any atom is 0.334 e. The van der Waals surface area contributed by atoms with Gasteiger partial charge in [-0.25, -0.2) is 4.79 Å². The summed E-state index contributed by atoms with van der Waals surface area (Å²) >= 11 is 5.68. The Morgan fingerprint density at radius 3 is 2.69 bits per heavy atom. The summed E-state index contributed by atoms with van der Waals surface area (Å²) < 4.78 is 1.50. The molecule has 0 aliphatic rings. The molecule has 1 heterocycles. The van der Waals surface area contributed by atoms with Gasteiger partial charge in [0.1, 0.15) is 5.69 Å². The highest BCUT2D eigenvalue weighted by Crippen LogP contribution is 2.12. The third-order valence-corrected chi connectivity index (χ3v) is 2.15. The number of aromatic nitrogens is 1. The lowest BCUT2D eigenvalue weighted by atomic mass is 10.3. The average Bonchev–Trinajstić information content (AvgIpc) is 2.53. The minimum atomic E-state index is -1.61. The van der Waals surface area contributed by atoms with Crippen LogP contribution in [-0.4, -0.2) is 39.3 Å². The van der Waals surface area contributed by atoms with Gasteiger partial charge in [0.15, 0.2) is 6.10 Å². The van der Waals surface area contributed by atoms with Crippen molar-refractivity contribution >= 4 is 23.5 Å². The lowest BCUT2D eigenvalue weighted by Crippen LogP contribution is -2.37. The van der Waals surface area contributed by atoms with Gasteiger partial charge in [-0.1, -0.05) is 11.6 Å². The zero-order valence-corrected chi connectivity index (χ0v) is 9.23. The highest BCUT2D eigenvalue weighted by Gasteiger charge is 2.16. The number of carboxylic acid groups (broad SMARTS) is 1. The van der Waals surface area contributed by atoms with E-state index >= 15 is 0 Å². The zero-order valence-electron chi connectivity index (χ0n) is 8.48. The third kappa shape index (κ3) is 2.98. The largest absolute Gasteiger partial charge is 0.479 e. The minimum Gasteiger partial charge on any atom is -0.479 e. The number of nitrogens with zero attached hydrogens (tertiary/aromatic N) is 1. The molecule has 0 unspecified atom stereocenters. The Kier molecular flexibility index (Phi) is 3.92. The topological polar surface area (TPSA) is 91.6 Å². The molecule has 1 amide bonds. The number of hydrogen-bond donors (Lipinski definition) is 3. The molecule has 1 aromatic heterocycles. The number of aliphatic hydroxyl groups excluding tert-OH is 1. The van der Waals surface area contributed by atoms with Gasteiger partial charge >= 0.3 is 5.97 Å². The van der Waals surface area contributed by atoms with Crippen LogP contribution in [0.2, 0.25) is 5.02 Å². The number of amides is 1. The number of aliphatic hydroxyl groups is 1. The van der Waals surface area contributed by atoms with Crippen molar-refractivity contribution in [2.45, 2.75) is 6.10 Å². The molecule has 7 heteroatoms. The summed E-state index contributed by atoms with van der Waals surface area (Å²) in [6.07, 6.45) is -0.0657. The number of halogens is 1. The number of carboxylic acids is 1. The van der Waals surface area contributed by atoms with Gasteiger partial charge in [-0.05, 0) is 6.07 Å². The number of hydrogen-bond acceptors (Lipinski definition) is 3. The quantitative estimate of drug-likeness (QED) is 0.689. The molecule has 0 spiro atoms. The summed E-state index contributed by atoms with van der Waals surface area (Å²) in [5.74, 6) is -1.88. The Morgan fingerprint density at radius 2 is 2.25 bits per heavy atom. The van der Waals surface area contributed by atoms with Crippen LogP contribution in [0.5, 0.6) is 0 Å². The van der Waals surface area contributed by atoms with Gasteiger partial charge in [-0.2, -0.15) is 0 Å². The summed E-state index contributed by atoms with van der Waals surface area (Å²) in [7, 11) is 1.63. The Hall–Kier alpha value is -1.53. The molecule has 0 radical (unpaired) electrons. The first kappa shape index (κ1) is 12.5. The molecule has 0 saturated heterocycles. The van der Waals surface area contributed by atoms with Gasteiger partial charge < -0.3 is 20.1 Å². The molecule has 0 saturated carbocycles. The fraction of sp³-hybridized carbons (Fsp3) is 0.333. The maximum absolute atomic E-state index is 11.5. The Balaban J connectivity index is 2.60. The van der Waals surface area contributed by atoms with Crippen molar-refractivity contribution in [2.24, 2.45) is 7.05 Å². The number of rotatable bonds is 4. The smallest absolute Gasteiger partial charge is 0.334 e. The first-order valence-corrected chi connectivity index (χ1v) is 4.80. The van der Waals surface area contributed by atoms with Crippen molar-refractivity contribution in [3.63, 3.8) is 0 Å². The summed E-state index contributed by atoms with van der Waals surface area (Å²) in [5.41, 5.74) is 0.294. The average molecular weight is 247 g/mol. The van der Waals surface area contributed by atoms with E-state index in [1.807, 2.05) is 0 Å². The van der Waals surface area contributed by atoms with Crippen LogP contribution in [-0.2, 0) is 11.8 Å². The van der Waals surface area contributed by atoms with Crippen LogP contribution in [0.1, 0.15) is 10.5 Å². The third-order valence-electron chi connectivity index (χ3n) is 1.95. The second-order valence-corrected chi connectivity index (χ2v) is 3.65. The summed E-state index contributed by atoms with van der Waals surface area (Å²) in [6, 6.07) is 1.45. The monoisotopic (exact) mass is 246 g/mol. The SMILES string of the molecule is Cn1cc(Cl)cc1C(=O)NC[C@H](O)C(=O)O. The number of carbonyl (C=O) groups is 2.